The molecule has 0 aromatic heterocycles. The first-order valence-electron chi connectivity index (χ1n) is 5.96. The van der Waals surface area contributed by atoms with E-state index in [9.17, 15) is 8.78 Å². The monoisotopic (exact) mass is 257 g/mol. The van der Waals surface area contributed by atoms with Crippen LogP contribution in [0.5, 0.6) is 0 Å². The van der Waals surface area contributed by atoms with E-state index in [1.165, 1.54) is 12.1 Å². The Balaban J connectivity index is 3.16. The highest BCUT2D eigenvalue weighted by molar-refractivity contribution is 5.23. The van der Waals surface area contributed by atoms with E-state index in [-0.39, 0.29) is 17.6 Å². The number of nitrogens with one attached hydrogen (secondary N) is 1. The molecule has 0 aliphatic carbocycles. The molecule has 0 spiro atoms. The normalized spacial score (nSPS) is 15.5. The fraction of sp³-hybridized carbons (Fsp3) is 0.571. The molecule has 102 valence electrons. The summed E-state index contributed by atoms with van der Waals surface area (Å²) >= 11 is 0. The first-order chi connectivity index (χ1) is 8.31. The van der Waals surface area contributed by atoms with Crippen molar-refractivity contribution in [2.24, 2.45) is 5.41 Å². The molecule has 0 fully saturated rings. The van der Waals surface area contributed by atoms with E-state index in [4.69, 9.17) is 4.74 Å². The molecule has 1 rings (SSSR count). The summed E-state index contributed by atoms with van der Waals surface area (Å²) in [5.41, 5.74) is 0.254. The molecular weight excluding hydrogens is 236 g/mol. The third-order valence-corrected chi connectivity index (χ3v) is 3.02. The van der Waals surface area contributed by atoms with Crippen molar-refractivity contribution in [3.63, 3.8) is 0 Å². The van der Waals surface area contributed by atoms with E-state index >= 15 is 0 Å². The van der Waals surface area contributed by atoms with Crippen LogP contribution in [0, 0.1) is 17.0 Å². The lowest BCUT2D eigenvalue weighted by atomic mass is 9.82. The number of rotatable bonds is 4. The molecule has 0 heterocycles. The van der Waals surface area contributed by atoms with Gasteiger partial charge >= 0.3 is 0 Å². The van der Waals surface area contributed by atoms with E-state index < -0.39 is 11.6 Å². The lowest BCUT2D eigenvalue weighted by Crippen LogP contribution is -2.40. The van der Waals surface area contributed by atoms with Crippen LogP contribution >= 0.6 is 0 Å². The van der Waals surface area contributed by atoms with Gasteiger partial charge in [0.25, 0.3) is 0 Å². The molecule has 0 bridgehead atoms. The van der Waals surface area contributed by atoms with Crippen molar-refractivity contribution >= 4 is 0 Å². The fourth-order valence-electron chi connectivity index (χ4n) is 2.21. The average Bonchev–Trinajstić information content (AvgIpc) is 2.25. The Morgan fingerprint density at radius 1 is 1.22 bits per heavy atom. The van der Waals surface area contributed by atoms with Crippen molar-refractivity contribution in [3.05, 3.63) is 35.4 Å². The molecule has 0 aliphatic rings. The van der Waals surface area contributed by atoms with Crippen molar-refractivity contribution in [1.29, 1.82) is 0 Å². The van der Waals surface area contributed by atoms with E-state index in [1.54, 1.807) is 14.2 Å². The van der Waals surface area contributed by atoms with Crippen LogP contribution in [0.1, 0.15) is 32.4 Å². The van der Waals surface area contributed by atoms with Gasteiger partial charge in [0.2, 0.25) is 0 Å². The van der Waals surface area contributed by atoms with Gasteiger partial charge in [-0.1, -0.05) is 26.8 Å². The lowest BCUT2D eigenvalue weighted by Gasteiger charge is -2.36. The highest BCUT2D eigenvalue weighted by atomic mass is 19.1. The van der Waals surface area contributed by atoms with Crippen LogP contribution in [0.2, 0.25) is 0 Å². The predicted octanol–water partition coefficient (Wildman–Crippen LogP) is 3.29. The number of halogens is 2. The SMILES string of the molecule is CNC(c1ccc(F)cc1F)C(OC)C(C)(C)C. The van der Waals surface area contributed by atoms with Crippen molar-refractivity contribution < 1.29 is 13.5 Å². The minimum absolute atomic E-state index is 0.163. The summed E-state index contributed by atoms with van der Waals surface area (Å²) in [5, 5.41) is 3.05. The summed E-state index contributed by atoms with van der Waals surface area (Å²) in [6.45, 7) is 6.06. The summed E-state index contributed by atoms with van der Waals surface area (Å²) in [6, 6.07) is 3.30. The Bertz CT molecular complexity index is 401. The Morgan fingerprint density at radius 2 is 1.83 bits per heavy atom. The molecule has 0 radical (unpaired) electrons. The van der Waals surface area contributed by atoms with Gasteiger partial charge in [-0.25, -0.2) is 8.78 Å². The topological polar surface area (TPSA) is 21.3 Å². The predicted molar refractivity (Wildman–Crippen MR) is 68.4 cm³/mol. The molecule has 2 nitrogen and oxygen atoms in total. The smallest absolute Gasteiger partial charge is 0.130 e. The third kappa shape index (κ3) is 3.27. The van der Waals surface area contributed by atoms with Gasteiger partial charge in [-0.05, 0) is 18.5 Å². The number of likely N-dealkylation sites (N-methyl/N-ethyl adjacent to an activating group) is 1. The van der Waals surface area contributed by atoms with Crippen LogP contribution in [-0.2, 0) is 4.74 Å². The number of hydrogen-bond donors (Lipinski definition) is 1. The lowest BCUT2D eigenvalue weighted by molar-refractivity contribution is -0.0109. The maximum absolute atomic E-state index is 13.8. The number of methoxy groups -OCH3 is 1. The molecule has 4 heteroatoms. The highest BCUT2D eigenvalue weighted by Gasteiger charge is 2.33. The minimum Gasteiger partial charge on any atom is -0.379 e. The number of ether oxygens (including phenoxy) is 1. The molecule has 0 aliphatic heterocycles. The zero-order valence-corrected chi connectivity index (χ0v) is 11.6. The average molecular weight is 257 g/mol. The third-order valence-electron chi connectivity index (χ3n) is 3.02. The first-order valence-corrected chi connectivity index (χ1v) is 5.96. The van der Waals surface area contributed by atoms with Gasteiger partial charge in [-0.2, -0.15) is 0 Å². The number of hydrogen-bond acceptors (Lipinski definition) is 2. The van der Waals surface area contributed by atoms with Crippen LogP contribution in [0.15, 0.2) is 18.2 Å². The Morgan fingerprint density at radius 3 is 2.22 bits per heavy atom. The first kappa shape index (κ1) is 15.1. The molecular formula is C14H21F2NO. The highest BCUT2D eigenvalue weighted by Crippen LogP contribution is 2.33. The van der Waals surface area contributed by atoms with Gasteiger partial charge in [-0.15, -0.1) is 0 Å². The molecule has 2 unspecified atom stereocenters. The van der Waals surface area contributed by atoms with Crippen molar-refractivity contribution in [3.8, 4) is 0 Å². The Hall–Kier alpha value is -1.00. The van der Waals surface area contributed by atoms with Gasteiger partial charge in [0.15, 0.2) is 0 Å². The van der Waals surface area contributed by atoms with Crippen molar-refractivity contribution in [2.45, 2.75) is 32.9 Å². The van der Waals surface area contributed by atoms with Crippen LogP contribution in [0.3, 0.4) is 0 Å². The van der Waals surface area contributed by atoms with E-state index in [0.29, 0.717) is 5.56 Å². The van der Waals surface area contributed by atoms with E-state index in [1.807, 2.05) is 20.8 Å². The second-order valence-corrected chi connectivity index (χ2v) is 5.45. The van der Waals surface area contributed by atoms with Gasteiger partial charge in [0.05, 0.1) is 12.1 Å². The number of benzene rings is 1. The van der Waals surface area contributed by atoms with E-state index in [0.717, 1.165) is 6.07 Å². The largest absolute Gasteiger partial charge is 0.379 e. The molecule has 2 atom stereocenters. The van der Waals surface area contributed by atoms with Crippen LogP contribution < -0.4 is 5.32 Å². The Kier molecular flexibility index (Phi) is 4.82. The zero-order valence-electron chi connectivity index (χ0n) is 11.6. The maximum atomic E-state index is 13.8. The molecule has 1 N–H and O–H groups in total. The summed E-state index contributed by atoms with van der Waals surface area (Å²) in [6.07, 6.45) is -0.220. The van der Waals surface area contributed by atoms with Gasteiger partial charge < -0.3 is 10.1 Å². The van der Waals surface area contributed by atoms with Gasteiger partial charge in [0, 0.05) is 18.7 Å². The minimum atomic E-state index is -0.573. The molecule has 18 heavy (non-hydrogen) atoms. The van der Waals surface area contributed by atoms with Crippen molar-refractivity contribution in [2.75, 3.05) is 14.2 Å². The molecule has 1 aromatic rings. The molecule has 0 saturated carbocycles. The van der Waals surface area contributed by atoms with Crippen LogP contribution in [-0.4, -0.2) is 20.3 Å². The van der Waals surface area contributed by atoms with Gasteiger partial charge in [0.1, 0.15) is 11.6 Å². The molecule has 1 aromatic carbocycles. The standard InChI is InChI=1S/C14H21F2NO/c1-14(2,3)13(18-5)12(17-4)10-7-6-9(15)8-11(10)16/h6-8,12-13,17H,1-5H3. The van der Waals surface area contributed by atoms with Crippen LogP contribution in [0.4, 0.5) is 8.78 Å². The quantitative estimate of drug-likeness (QED) is 0.893. The van der Waals surface area contributed by atoms with Crippen molar-refractivity contribution in [1.82, 2.24) is 5.32 Å². The van der Waals surface area contributed by atoms with Gasteiger partial charge in [-0.3, -0.25) is 0 Å². The molecule has 0 saturated heterocycles. The summed E-state index contributed by atoms with van der Waals surface area (Å²) in [4.78, 5) is 0. The fourth-order valence-corrected chi connectivity index (χ4v) is 2.21. The summed E-state index contributed by atoms with van der Waals surface area (Å²) in [5.74, 6) is -1.13. The second-order valence-electron chi connectivity index (χ2n) is 5.45. The summed E-state index contributed by atoms with van der Waals surface area (Å²) in [7, 11) is 3.34. The maximum Gasteiger partial charge on any atom is 0.130 e. The summed E-state index contributed by atoms with van der Waals surface area (Å²) < 4.78 is 32.3. The Labute approximate surface area is 107 Å². The van der Waals surface area contributed by atoms with Crippen LogP contribution in [0.25, 0.3) is 0 Å². The second kappa shape index (κ2) is 5.76. The molecule has 0 amide bonds. The van der Waals surface area contributed by atoms with E-state index in [2.05, 4.69) is 5.32 Å². The zero-order chi connectivity index (χ0) is 13.9.